The number of aromatic nitrogens is 3. The van der Waals surface area contributed by atoms with Gasteiger partial charge in [0.25, 0.3) is 5.56 Å². The molecule has 0 aromatic carbocycles. The van der Waals surface area contributed by atoms with E-state index < -0.39 is 5.97 Å². The molecule has 6 nitrogen and oxygen atoms in total. The molecule has 2 heterocycles. The van der Waals surface area contributed by atoms with Crippen LogP contribution >= 0.6 is 15.9 Å². The van der Waals surface area contributed by atoms with Gasteiger partial charge in [-0.3, -0.25) is 9.59 Å². The SMILES string of the molecule is CCOC(=O)Cn1ccn2ncc(Br)c2c1=O. The predicted molar refractivity (Wildman–Crippen MR) is 63.8 cm³/mol. The highest BCUT2D eigenvalue weighted by atomic mass is 79.9. The highest BCUT2D eigenvalue weighted by Gasteiger charge is 2.10. The molecule has 0 spiro atoms. The Morgan fingerprint density at radius 2 is 2.29 bits per heavy atom. The number of halogens is 1. The largest absolute Gasteiger partial charge is 0.465 e. The molecule has 0 unspecified atom stereocenters. The van der Waals surface area contributed by atoms with Crippen LogP contribution in [-0.2, 0) is 16.1 Å². The summed E-state index contributed by atoms with van der Waals surface area (Å²) in [7, 11) is 0. The quantitative estimate of drug-likeness (QED) is 0.787. The summed E-state index contributed by atoms with van der Waals surface area (Å²) >= 11 is 3.24. The van der Waals surface area contributed by atoms with Crippen molar-refractivity contribution in [2.45, 2.75) is 13.5 Å². The lowest BCUT2D eigenvalue weighted by molar-refractivity contribution is -0.143. The van der Waals surface area contributed by atoms with E-state index in [1.807, 2.05) is 0 Å². The van der Waals surface area contributed by atoms with Crippen LogP contribution in [0, 0.1) is 0 Å². The molecule has 0 N–H and O–H groups in total. The first-order valence-corrected chi connectivity index (χ1v) is 5.80. The van der Waals surface area contributed by atoms with Crippen molar-refractivity contribution in [3.8, 4) is 0 Å². The monoisotopic (exact) mass is 299 g/mol. The van der Waals surface area contributed by atoms with Gasteiger partial charge in [-0.2, -0.15) is 5.10 Å². The van der Waals surface area contributed by atoms with Gasteiger partial charge >= 0.3 is 5.97 Å². The maximum atomic E-state index is 12.0. The predicted octanol–water partition coefficient (Wildman–Crippen LogP) is 0.822. The van der Waals surface area contributed by atoms with Gasteiger partial charge in [0, 0.05) is 12.4 Å². The fourth-order valence-electron chi connectivity index (χ4n) is 1.47. The number of fused-ring (bicyclic) bond motifs is 1. The summed E-state index contributed by atoms with van der Waals surface area (Å²) in [5, 5.41) is 3.98. The van der Waals surface area contributed by atoms with Gasteiger partial charge < -0.3 is 9.30 Å². The van der Waals surface area contributed by atoms with Crippen LogP contribution in [0.5, 0.6) is 0 Å². The van der Waals surface area contributed by atoms with E-state index in [0.29, 0.717) is 16.6 Å². The summed E-state index contributed by atoms with van der Waals surface area (Å²) in [6.45, 7) is 1.92. The summed E-state index contributed by atoms with van der Waals surface area (Å²) < 4.78 is 8.13. The van der Waals surface area contributed by atoms with Crippen molar-refractivity contribution in [3.05, 3.63) is 33.4 Å². The van der Waals surface area contributed by atoms with Gasteiger partial charge in [0.05, 0.1) is 17.3 Å². The van der Waals surface area contributed by atoms with Crippen LogP contribution in [0.25, 0.3) is 5.52 Å². The first kappa shape index (κ1) is 11.8. The first-order chi connectivity index (χ1) is 8.13. The molecule has 2 rings (SSSR count). The van der Waals surface area contributed by atoms with E-state index >= 15 is 0 Å². The van der Waals surface area contributed by atoms with Crippen molar-refractivity contribution >= 4 is 27.4 Å². The van der Waals surface area contributed by atoms with E-state index in [4.69, 9.17) is 4.74 Å². The third kappa shape index (κ3) is 2.23. The van der Waals surface area contributed by atoms with Gasteiger partial charge in [0.15, 0.2) is 0 Å². The molecule has 0 aliphatic heterocycles. The van der Waals surface area contributed by atoms with Crippen LogP contribution in [-0.4, -0.2) is 26.8 Å². The summed E-state index contributed by atoms with van der Waals surface area (Å²) in [6, 6.07) is 0. The lowest BCUT2D eigenvalue weighted by Crippen LogP contribution is -2.26. The molecule has 0 radical (unpaired) electrons. The van der Waals surface area contributed by atoms with Gasteiger partial charge in [-0.25, -0.2) is 4.52 Å². The van der Waals surface area contributed by atoms with E-state index in [-0.39, 0.29) is 12.1 Å². The molecule has 0 saturated heterocycles. The average molecular weight is 300 g/mol. The van der Waals surface area contributed by atoms with Crippen molar-refractivity contribution in [1.29, 1.82) is 0 Å². The van der Waals surface area contributed by atoms with E-state index in [0.717, 1.165) is 0 Å². The molecule has 7 heteroatoms. The fourth-order valence-corrected chi connectivity index (χ4v) is 1.91. The molecule has 0 fully saturated rings. The number of carbonyl (C=O) groups is 1. The van der Waals surface area contributed by atoms with Crippen LogP contribution in [0.3, 0.4) is 0 Å². The average Bonchev–Trinajstić information content (AvgIpc) is 2.65. The van der Waals surface area contributed by atoms with Crippen molar-refractivity contribution < 1.29 is 9.53 Å². The van der Waals surface area contributed by atoms with Crippen molar-refractivity contribution in [3.63, 3.8) is 0 Å². The van der Waals surface area contributed by atoms with Crippen LogP contribution in [0.1, 0.15) is 6.92 Å². The number of nitrogens with zero attached hydrogens (tertiary/aromatic N) is 3. The fraction of sp³-hybridized carbons (Fsp3) is 0.300. The number of hydrogen-bond donors (Lipinski definition) is 0. The molecule has 2 aromatic heterocycles. The third-order valence-electron chi connectivity index (χ3n) is 2.21. The zero-order valence-corrected chi connectivity index (χ0v) is 10.7. The molecule has 0 aliphatic rings. The molecule has 0 atom stereocenters. The second-order valence-electron chi connectivity index (χ2n) is 3.32. The number of esters is 1. The van der Waals surface area contributed by atoms with Crippen molar-refractivity contribution in [2.75, 3.05) is 6.61 Å². The zero-order chi connectivity index (χ0) is 12.4. The number of ether oxygens (including phenoxy) is 1. The Kier molecular flexibility index (Phi) is 3.28. The van der Waals surface area contributed by atoms with Crippen LogP contribution < -0.4 is 5.56 Å². The lowest BCUT2D eigenvalue weighted by atomic mass is 10.5. The topological polar surface area (TPSA) is 65.6 Å². The smallest absolute Gasteiger partial charge is 0.326 e. The maximum Gasteiger partial charge on any atom is 0.326 e. The molecule has 0 saturated carbocycles. The molecule has 0 aliphatic carbocycles. The summed E-state index contributed by atoms with van der Waals surface area (Å²) in [5.74, 6) is -0.436. The van der Waals surface area contributed by atoms with Gasteiger partial charge in [0.1, 0.15) is 12.1 Å². The minimum absolute atomic E-state index is 0.0964. The Balaban J connectivity index is 2.42. The first-order valence-electron chi connectivity index (χ1n) is 5.01. The molecule has 0 amide bonds. The van der Waals surface area contributed by atoms with Crippen molar-refractivity contribution in [2.24, 2.45) is 0 Å². The molecule has 90 valence electrons. The lowest BCUT2D eigenvalue weighted by Gasteiger charge is -2.05. The normalized spacial score (nSPS) is 10.7. The number of rotatable bonds is 3. The second kappa shape index (κ2) is 4.70. The Labute approximate surface area is 105 Å². The van der Waals surface area contributed by atoms with E-state index in [2.05, 4.69) is 21.0 Å². The molecule has 2 aromatic rings. The third-order valence-corrected chi connectivity index (χ3v) is 2.79. The Morgan fingerprint density at radius 1 is 1.53 bits per heavy atom. The summed E-state index contributed by atoms with van der Waals surface area (Å²) in [6.07, 6.45) is 4.65. The summed E-state index contributed by atoms with van der Waals surface area (Å²) in [4.78, 5) is 23.3. The molecular formula is C10H10BrN3O3. The van der Waals surface area contributed by atoms with Crippen molar-refractivity contribution in [1.82, 2.24) is 14.2 Å². The van der Waals surface area contributed by atoms with Gasteiger partial charge in [0.2, 0.25) is 0 Å². The van der Waals surface area contributed by atoms with E-state index in [1.54, 1.807) is 13.1 Å². The number of hydrogen-bond acceptors (Lipinski definition) is 4. The maximum absolute atomic E-state index is 12.0. The van der Waals surface area contributed by atoms with Gasteiger partial charge in [-0.15, -0.1) is 0 Å². The number of carbonyl (C=O) groups excluding carboxylic acids is 1. The molecule has 17 heavy (non-hydrogen) atoms. The minimum Gasteiger partial charge on any atom is -0.465 e. The van der Waals surface area contributed by atoms with E-state index in [9.17, 15) is 9.59 Å². The van der Waals surface area contributed by atoms with Crippen LogP contribution in [0.4, 0.5) is 0 Å². The second-order valence-corrected chi connectivity index (χ2v) is 4.18. The van der Waals surface area contributed by atoms with Crippen LogP contribution in [0.15, 0.2) is 27.9 Å². The van der Waals surface area contributed by atoms with Crippen LogP contribution in [0.2, 0.25) is 0 Å². The Hall–Kier alpha value is -1.63. The summed E-state index contributed by atoms with van der Waals surface area (Å²) in [5.41, 5.74) is 0.113. The standard InChI is InChI=1S/C10H10BrN3O3/c1-2-17-8(15)6-13-3-4-14-9(10(13)16)7(11)5-12-14/h3-5H,2,6H2,1H3. The minimum atomic E-state index is -0.436. The van der Waals surface area contributed by atoms with Gasteiger partial charge in [-0.1, -0.05) is 0 Å². The molecule has 0 bridgehead atoms. The highest BCUT2D eigenvalue weighted by molar-refractivity contribution is 9.10. The highest BCUT2D eigenvalue weighted by Crippen LogP contribution is 2.12. The molecular weight excluding hydrogens is 290 g/mol. The van der Waals surface area contributed by atoms with E-state index in [1.165, 1.54) is 21.5 Å². The van der Waals surface area contributed by atoms with Gasteiger partial charge in [-0.05, 0) is 22.9 Å². The zero-order valence-electron chi connectivity index (χ0n) is 9.09. The Bertz CT molecular complexity index is 617. The Morgan fingerprint density at radius 3 is 3.00 bits per heavy atom.